The van der Waals surface area contributed by atoms with E-state index in [1.165, 1.54) is 0 Å². The molecule has 14 nitrogen and oxygen atoms in total. The number of aryl methyl sites for hydroxylation is 1. The molecule has 0 aliphatic heterocycles. The van der Waals surface area contributed by atoms with Crippen molar-refractivity contribution in [3.63, 3.8) is 0 Å². The summed E-state index contributed by atoms with van der Waals surface area (Å²) in [6.07, 6.45) is 0.632. The van der Waals surface area contributed by atoms with Gasteiger partial charge in [-0.15, -0.1) is 0 Å². The number of nitrogens with two attached hydrogens (primary N) is 2. The number of ether oxygens (including phenoxy) is 2. The summed E-state index contributed by atoms with van der Waals surface area (Å²) in [6.45, 7) is 1.36. The first-order chi connectivity index (χ1) is 24.7. The SMILES string of the molecule is NC(N)=Nc1ccc(CCCC(=O)NCC(O)C(=O)NCCCCN(CCCNC(=O)OCc2ccccc2)C(=O)OCc2ccccc2)cc1. The maximum absolute atomic E-state index is 12.9. The minimum Gasteiger partial charge on any atom is -0.445 e. The summed E-state index contributed by atoms with van der Waals surface area (Å²) in [7, 11) is 0. The Balaban J connectivity index is 1.31. The first-order valence-corrected chi connectivity index (χ1v) is 17.0. The van der Waals surface area contributed by atoms with Crippen molar-refractivity contribution in [2.45, 2.75) is 57.8 Å². The van der Waals surface area contributed by atoms with Crippen molar-refractivity contribution in [3.05, 3.63) is 102 Å². The Bertz CT molecular complexity index is 1520. The second-order valence-corrected chi connectivity index (χ2v) is 11.7. The molecule has 3 aromatic carbocycles. The lowest BCUT2D eigenvalue weighted by molar-refractivity contribution is -0.129. The summed E-state index contributed by atoms with van der Waals surface area (Å²) in [5.41, 5.74) is 14.2. The van der Waals surface area contributed by atoms with Gasteiger partial charge < -0.3 is 46.9 Å². The highest BCUT2D eigenvalue weighted by Gasteiger charge is 2.17. The minimum absolute atomic E-state index is 0.0192. The fourth-order valence-electron chi connectivity index (χ4n) is 4.83. The maximum atomic E-state index is 12.9. The number of nitrogens with zero attached hydrogens (tertiary/aromatic N) is 2. The molecule has 0 bridgehead atoms. The van der Waals surface area contributed by atoms with Gasteiger partial charge in [0.2, 0.25) is 5.91 Å². The second kappa shape index (κ2) is 22.9. The highest BCUT2D eigenvalue weighted by Crippen LogP contribution is 2.14. The number of aliphatic hydroxyl groups excluding tert-OH is 1. The van der Waals surface area contributed by atoms with Gasteiger partial charge in [0.25, 0.3) is 5.91 Å². The summed E-state index contributed by atoms with van der Waals surface area (Å²) >= 11 is 0. The van der Waals surface area contributed by atoms with E-state index in [1.807, 2.05) is 72.8 Å². The van der Waals surface area contributed by atoms with Crippen LogP contribution < -0.4 is 27.4 Å². The third-order valence-electron chi connectivity index (χ3n) is 7.56. The summed E-state index contributed by atoms with van der Waals surface area (Å²) in [6, 6.07) is 26.0. The third kappa shape index (κ3) is 17.0. The third-order valence-corrected chi connectivity index (χ3v) is 7.56. The van der Waals surface area contributed by atoms with E-state index in [2.05, 4.69) is 20.9 Å². The molecular weight excluding hydrogens is 654 g/mol. The van der Waals surface area contributed by atoms with Crippen molar-refractivity contribution >= 4 is 35.6 Å². The molecule has 0 aliphatic rings. The average Bonchev–Trinajstić information content (AvgIpc) is 3.13. The average molecular weight is 704 g/mol. The van der Waals surface area contributed by atoms with E-state index in [9.17, 15) is 24.3 Å². The molecule has 51 heavy (non-hydrogen) atoms. The number of rotatable bonds is 21. The van der Waals surface area contributed by atoms with Crippen LogP contribution in [-0.4, -0.2) is 78.8 Å². The Hall–Kier alpha value is -5.63. The molecule has 274 valence electrons. The molecule has 0 spiro atoms. The molecule has 0 radical (unpaired) electrons. The molecule has 14 heteroatoms. The zero-order valence-corrected chi connectivity index (χ0v) is 28.8. The van der Waals surface area contributed by atoms with Crippen LogP contribution in [0.3, 0.4) is 0 Å². The molecule has 3 aromatic rings. The van der Waals surface area contributed by atoms with Crippen molar-refractivity contribution < 1.29 is 33.8 Å². The van der Waals surface area contributed by atoms with E-state index in [4.69, 9.17) is 20.9 Å². The molecule has 0 saturated heterocycles. The molecule has 0 aromatic heterocycles. The van der Waals surface area contributed by atoms with Gasteiger partial charge in [-0.05, 0) is 60.9 Å². The summed E-state index contributed by atoms with van der Waals surface area (Å²) in [4.78, 5) is 55.1. The topological polar surface area (TPSA) is 211 Å². The number of unbranched alkanes of at least 4 members (excludes halogenated alkanes) is 1. The second-order valence-electron chi connectivity index (χ2n) is 11.7. The van der Waals surface area contributed by atoms with Gasteiger partial charge in [-0.25, -0.2) is 14.6 Å². The number of alkyl carbamates (subject to hydrolysis) is 1. The van der Waals surface area contributed by atoms with Gasteiger partial charge in [-0.2, -0.15) is 0 Å². The number of hydrogen-bond donors (Lipinski definition) is 6. The van der Waals surface area contributed by atoms with Gasteiger partial charge >= 0.3 is 12.2 Å². The van der Waals surface area contributed by atoms with Crippen LogP contribution in [0.25, 0.3) is 0 Å². The van der Waals surface area contributed by atoms with Crippen LogP contribution in [0.5, 0.6) is 0 Å². The molecule has 3 rings (SSSR count). The highest BCUT2D eigenvalue weighted by atomic mass is 16.6. The zero-order chi connectivity index (χ0) is 36.7. The lowest BCUT2D eigenvalue weighted by Gasteiger charge is -2.22. The van der Waals surface area contributed by atoms with E-state index in [-0.39, 0.29) is 44.6 Å². The monoisotopic (exact) mass is 703 g/mol. The number of benzene rings is 3. The number of carbonyl (C=O) groups is 4. The first-order valence-electron chi connectivity index (χ1n) is 17.0. The molecule has 4 amide bonds. The molecule has 8 N–H and O–H groups in total. The molecule has 1 atom stereocenters. The number of aliphatic hydroxyl groups is 1. The fraction of sp³-hybridized carbons (Fsp3) is 0.378. The smallest absolute Gasteiger partial charge is 0.410 e. The van der Waals surface area contributed by atoms with E-state index in [0.29, 0.717) is 57.4 Å². The number of guanidine groups is 1. The van der Waals surface area contributed by atoms with E-state index in [1.54, 1.807) is 17.0 Å². The van der Waals surface area contributed by atoms with Gasteiger partial charge in [0.1, 0.15) is 19.3 Å². The highest BCUT2D eigenvalue weighted by molar-refractivity contribution is 5.82. The molecule has 0 aliphatic carbocycles. The number of carbonyl (C=O) groups excluding carboxylic acids is 4. The van der Waals surface area contributed by atoms with E-state index in [0.717, 1.165) is 16.7 Å². The van der Waals surface area contributed by atoms with Crippen LogP contribution in [0, 0.1) is 0 Å². The predicted octanol–water partition coefficient (Wildman–Crippen LogP) is 3.24. The normalized spacial score (nSPS) is 11.1. The van der Waals surface area contributed by atoms with Crippen molar-refractivity contribution in [2.75, 3.05) is 32.7 Å². The van der Waals surface area contributed by atoms with Crippen LogP contribution in [0.4, 0.5) is 15.3 Å². The van der Waals surface area contributed by atoms with Crippen LogP contribution in [-0.2, 0) is 38.7 Å². The number of aliphatic imine (C=N–C) groups is 1. The van der Waals surface area contributed by atoms with Gasteiger partial charge in [-0.3, -0.25) is 9.59 Å². The summed E-state index contributed by atoms with van der Waals surface area (Å²) in [5, 5.41) is 18.2. The van der Waals surface area contributed by atoms with Crippen molar-refractivity contribution in [1.29, 1.82) is 0 Å². The van der Waals surface area contributed by atoms with Gasteiger partial charge in [0, 0.05) is 32.6 Å². The number of nitrogens with one attached hydrogen (secondary N) is 3. The zero-order valence-electron chi connectivity index (χ0n) is 28.8. The molecule has 0 saturated carbocycles. The first kappa shape index (κ1) is 39.8. The number of amides is 4. The number of hydrogen-bond acceptors (Lipinski definition) is 8. The van der Waals surface area contributed by atoms with Crippen LogP contribution >= 0.6 is 0 Å². The standard InChI is InChI=1S/C37H49N7O7/c38-35(39)43-31-19-17-28(18-20-31)15-9-16-33(46)42-25-32(45)34(47)40-21-7-8-23-44(37(49)51-27-30-13-5-2-6-14-30)24-10-22-41-36(48)50-26-29-11-3-1-4-12-29/h1-6,11-14,17-20,32,45H,7-10,15-16,21-27H2,(H,40,47)(H,41,48)(H,42,46)(H4,38,39,43). The molecular formula is C37H49N7O7. The Morgan fingerprint density at radius 3 is 1.96 bits per heavy atom. The quantitative estimate of drug-likeness (QED) is 0.0546. The maximum Gasteiger partial charge on any atom is 0.410 e. The molecule has 0 fully saturated rings. The van der Waals surface area contributed by atoms with Crippen LogP contribution in [0.1, 0.15) is 48.8 Å². The van der Waals surface area contributed by atoms with Crippen LogP contribution in [0.2, 0.25) is 0 Å². The Morgan fingerprint density at radius 1 is 0.706 bits per heavy atom. The Labute approximate surface area is 298 Å². The predicted molar refractivity (Wildman–Crippen MR) is 194 cm³/mol. The molecule has 0 heterocycles. The fourth-order valence-corrected chi connectivity index (χ4v) is 4.83. The van der Waals surface area contributed by atoms with Gasteiger partial charge in [-0.1, -0.05) is 72.8 Å². The summed E-state index contributed by atoms with van der Waals surface area (Å²) in [5.74, 6) is -0.882. The van der Waals surface area contributed by atoms with Crippen molar-refractivity contribution in [3.8, 4) is 0 Å². The van der Waals surface area contributed by atoms with Gasteiger partial charge in [0.15, 0.2) is 5.96 Å². The Kier molecular flexibility index (Phi) is 17.9. The van der Waals surface area contributed by atoms with Crippen molar-refractivity contribution in [1.82, 2.24) is 20.9 Å². The van der Waals surface area contributed by atoms with Crippen molar-refractivity contribution in [2.24, 2.45) is 16.5 Å². The van der Waals surface area contributed by atoms with E-state index < -0.39 is 24.2 Å². The minimum atomic E-state index is -1.40. The van der Waals surface area contributed by atoms with Gasteiger partial charge in [0.05, 0.1) is 12.2 Å². The molecule has 1 unspecified atom stereocenters. The Morgan fingerprint density at radius 2 is 1.31 bits per heavy atom. The van der Waals surface area contributed by atoms with E-state index >= 15 is 0 Å². The van der Waals surface area contributed by atoms with Crippen LogP contribution in [0.15, 0.2) is 89.9 Å². The lowest BCUT2D eigenvalue weighted by atomic mass is 10.1. The summed E-state index contributed by atoms with van der Waals surface area (Å²) < 4.78 is 10.7. The largest absolute Gasteiger partial charge is 0.445 e. The lowest BCUT2D eigenvalue weighted by Crippen LogP contribution is -2.43.